The van der Waals surface area contributed by atoms with E-state index in [0.29, 0.717) is 18.7 Å². The van der Waals surface area contributed by atoms with E-state index >= 15 is 0 Å². The van der Waals surface area contributed by atoms with Crippen LogP contribution in [0, 0.1) is 10.1 Å². The van der Waals surface area contributed by atoms with Crippen LogP contribution in [0.2, 0.25) is 0 Å². The first-order chi connectivity index (χ1) is 9.86. The van der Waals surface area contributed by atoms with Gasteiger partial charge < -0.3 is 5.32 Å². The third kappa shape index (κ3) is 4.27. The lowest BCUT2D eigenvalue weighted by molar-refractivity contribution is -0.380. The van der Waals surface area contributed by atoms with Gasteiger partial charge in [0.15, 0.2) is 0 Å². The summed E-state index contributed by atoms with van der Waals surface area (Å²) in [5.74, 6) is 0. The highest BCUT2D eigenvalue weighted by atomic mass is 32.1. The second kappa shape index (κ2) is 6.23. The largest absolute Gasteiger partial charge is 0.416 e. The molecule has 112 valence electrons. The lowest BCUT2D eigenvalue weighted by atomic mass is 10.1. The number of rotatable bonds is 5. The Kier molecular flexibility index (Phi) is 4.59. The van der Waals surface area contributed by atoms with Crippen molar-refractivity contribution < 1.29 is 18.1 Å². The van der Waals surface area contributed by atoms with Crippen molar-refractivity contribution >= 4 is 16.3 Å². The summed E-state index contributed by atoms with van der Waals surface area (Å²) in [6, 6.07) is 7.97. The minimum Gasteiger partial charge on any atom is -0.308 e. The lowest BCUT2D eigenvalue weighted by Crippen LogP contribution is -2.12. The fourth-order valence-corrected chi connectivity index (χ4v) is 2.49. The predicted molar refractivity (Wildman–Crippen MR) is 73.0 cm³/mol. The summed E-state index contributed by atoms with van der Waals surface area (Å²) >= 11 is 1.07. The first kappa shape index (κ1) is 15.5. The maximum absolute atomic E-state index is 12.4. The van der Waals surface area contributed by atoms with Crippen LogP contribution in [0.4, 0.5) is 18.2 Å². The molecule has 0 saturated carbocycles. The van der Waals surface area contributed by atoms with E-state index in [0.717, 1.165) is 28.3 Å². The first-order valence-electron chi connectivity index (χ1n) is 5.96. The Morgan fingerprint density at radius 2 is 1.76 bits per heavy atom. The SMILES string of the molecule is O=[N+]([O-])c1ccc(CNCc2ccc(C(F)(F)F)cc2)s1. The van der Waals surface area contributed by atoms with Crippen LogP contribution in [0.25, 0.3) is 0 Å². The van der Waals surface area contributed by atoms with Gasteiger partial charge in [0, 0.05) is 24.0 Å². The average molecular weight is 316 g/mol. The fraction of sp³-hybridized carbons (Fsp3) is 0.231. The summed E-state index contributed by atoms with van der Waals surface area (Å²) in [4.78, 5) is 10.9. The number of thiophene rings is 1. The number of hydrogen-bond acceptors (Lipinski definition) is 4. The number of alkyl halides is 3. The standard InChI is InChI=1S/C13H11F3N2O2S/c14-13(15,16)10-3-1-9(2-4-10)7-17-8-11-5-6-12(21-11)18(19)20/h1-6,17H,7-8H2. The maximum Gasteiger partial charge on any atom is 0.416 e. The van der Waals surface area contributed by atoms with Crippen molar-refractivity contribution in [1.82, 2.24) is 5.32 Å². The Bertz CT molecular complexity index is 623. The molecule has 1 aromatic heterocycles. The summed E-state index contributed by atoms with van der Waals surface area (Å²) in [6.45, 7) is 0.823. The quantitative estimate of drug-likeness (QED) is 0.671. The van der Waals surface area contributed by atoms with Gasteiger partial charge in [-0.25, -0.2) is 0 Å². The molecule has 0 unspecified atom stereocenters. The summed E-state index contributed by atoms with van der Waals surface area (Å²) in [6.07, 6.45) is -4.33. The van der Waals surface area contributed by atoms with Gasteiger partial charge >= 0.3 is 11.2 Å². The molecular formula is C13H11F3N2O2S. The molecule has 0 aliphatic heterocycles. The van der Waals surface area contributed by atoms with Crippen LogP contribution in [0.5, 0.6) is 0 Å². The van der Waals surface area contributed by atoms with Gasteiger partial charge in [-0.3, -0.25) is 10.1 Å². The van der Waals surface area contributed by atoms with Crippen molar-refractivity contribution in [3.05, 3.63) is 62.5 Å². The van der Waals surface area contributed by atoms with Gasteiger partial charge in [-0.2, -0.15) is 13.2 Å². The molecule has 0 spiro atoms. The monoisotopic (exact) mass is 316 g/mol. The van der Waals surface area contributed by atoms with Gasteiger partial charge in [0.05, 0.1) is 10.5 Å². The van der Waals surface area contributed by atoms with E-state index in [1.165, 1.54) is 18.2 Å². The highest BCUT2D eigenvalue weighted by Crippen LogP contribution is 2.29. The molecule has 8 heteroatoms. The van der Waals surface area contributed by atoms with Crippen LogP contribution in [0.1, 0.15) is 16.0 Å². The first-order valence-corrected chi connectivity index (χ1v) is 6.78. The van der Waals surface area contributed by atoms with E-state index in [1.54, 1.807) is 6.07 Å². The lowest BCUT2D eigenvalue weighted by Gasteiger charge is -2.08. The molecule has 1 aromatic carbocycles. The summed E-state index contributed by atoms with van der Waals surface area (Å²) in [5.41, 5.74) is 0.0363. The summed E-state index contributed by atoms with van der Waals surface area (Å²) in [5, 5.41) is 13.6. The molecule has 0 aliphatic rings. The zero-order chi connectivity index (χ0) is 15.5. The highest BCUT2D eigenvalue weighted by molar-refractivity contribution is 7.15. The van der Waals surface area contributed by atoms with Gasteiger partial charge in [-0.1, -0.05) is 23.5 Å². The van der Waals surface area contributed by atoms with Crippen LogP contribution >= 0.6 is 11.3 Å². The Morgan fingerprint density at radius 3 is 2.29 bits per heavy atom. The number of halogens is 3. The number of nitrogens with one attached hydrogen (secondary N) is 1. The van der Waals surface area contributed by atoms with E-state index < -0.39 is 16.7 Å². The second-order valence-electron chi connectivity index (χ2n) is 4.30. The van der Waals surface area contributed by atoms with Crippen LogP contribution < -0.4 is 5.32 Å². The van der Waals surface area contributed by atoms with Crippen LogP contribution in [0.3, 0.4) is 0 Å². The molecule has 0 amide bonds. The molecule has 1 heterocycles. The molecule has 0 fully saturated rings. The van der Waals surface area contributed by atoms with Crippen molar-refractivity contribution in [1.29, 1.82) is 0 Å². The summed E-state index contributed by atoms with van der Waals surface area (Å²) in [7, 11) is 0. The van der Waals surface area contributed by atoms with Gasteiger partial charge in [0.2, 0.25) is 0 Å². The van der Waals surface area contributed by atoms with Crippen molar-refractivity contribution in [2.45, 2.75) is 19.3 Å². The minimum absolute atomic E-state index is 0.0707. The molecule has 2 rings (SSSR count). The van der Waals surface area contributed by atoms with Crippen LogP contribution in [-0.4, -0.2) is 4.92 Å². The highest BCUT2D eigenvalue weighted by Gasteiger charge is 2.29. The molecule has 21 heavy (non-hydrogen) atoms. The molecule has 4 nitrogen and oxygen atoms in total. The fourth-order valence-electron chi connectivity index (χ4n) is 1.70. The molecular weight excluding hydrogens is 305 g/mol. The number of hydrogen-bond donors (Lipinski definition) is 1. The Morgan fingerprint density at radius 1 is 1.10 bits per heavy atom. The van der Waals surface area contributed by atoms with E-state index in [4.69, 9.17) is 0 Å². The molecule has 2 aromatic rings. The Hall–Kier alpha value is -1.93. The van der Waals surface area contributed by atoms with Crippen LogP contribution in [-0.2, 0) is 19.3 Å². The van der Waals surface area contributed by atoms with Crippen molar-refractivity contribution in [3.8, 4) is 0 Å². The second-order valence-corrected chi connectivity index (χ2v) is 5.44. The van der Waals surface area contributed by atoms with Gasteiger partial charge in [-0.05, 0) is 23.8 Å². The molecule has 0 atom stereocenters. The topological polar surface area (TPSA) is 55.2 Å². The molecule has 0 radical (unpaired) electrons. The molecule has 0 bridgehead atoms. The van der Waals surface area contributed by atoms with E-state index in [9.17, 15) is 23.3 Å². The smallest absolute Gasteiger partial charge is 0.308 e. The third-order valence-electron chi connectivity index (χ3n) is 2.74. The molecule has 0 saturated heterocycles. The number of nitrogens with zero attached hydrogens (tertiary/aromatic N) is 1. The van der Waals surface area contributed by atoms with E-state index in [-0.39, 0.29) is 5.00 Å². The van der Waals surface area contributed by atoms with E-state index in [2.05, 4.69) is 5.32 Å². The van der Waals surface area contributed by atoms with Gasteiger partial charge in [-0.15, -0.1) is 0 Å². The number of nitro groups is 1. The average Bonchev–Trinajstić information content (AvgIpc) is 2.87. The van der Waals surface area contributed by atoms with Gasteiger partial charge in [0.25, 0.3) is 0 Å². The van der Waals surface area contributed by atoms with Crippen molar-refractivity contribution in [2.75, 3.05) is 0 Å². The molecule has 0 aliphatic carbocycles. The Balaban J connectivity index is 1.87. The Labute approximate surface area is 122 Å². The zero-order valence-electron chi connectivity index (χ0n) is 10.7. The van der Waals surface area contributed by atoms with Crippen molar-refractivity contribution in [3.63, 3.8) is 0 Å². The van der Waals surface area contributed by atoms with Crippen molar-refractivity contribution in [2.24, 2.45) is 0 Å². The normalized spacial score (nSPS) is 11.6. The van der Waals surface area contributed by atoms with Crippen LogP contribution in [0.15, 0.2) is 36.4 Å². The third-order valence-corrected chi connectivity index (χ3v) is 3.77. The molecule has 1 N–H and O–H groups in total. The zero-order valence-corrected chi connectivity index (χ0v) is 11.5. The van der Waals surface area contributed by atoms with Gasteiger partial charge in [0.1, 0.15) is 0 Å². The van der Waals surface area contributed by atoms with E-state index in [1.807, 2.05) is 0 Å². The number of benzene rings is 1. The maximum atomic E-state index is 12.4. The summed E-state index contributed by atoms with van der Waals surface area (Å²) < 4.78 is 37.2. The predicted octanol–water partition coefficient (Wildman–Crippen LogP) is 3.96. The minimum atomic E-state index is -4.33.